The molecule has 0 N–H and O–H groups in total. The van der Waals surface area contributed by atoms with Crippen LogP contribution < -0.4 is 0 Å². The lowest BCUT2D eigenvalue weighted by molar-refractivity contribution is 0.0763. The number of ether oxygens (including phenoxy) is 1. The van der Waals surface area contributed by atoms with Crippen molar-refractivity contribution >= 4 is 5.91 Å². The highest BCUT2D eigenvalue weighted by Gasteiger charge is 2.29. The Morgan fingerprint density at radius 3 is 2.77 bits per heavy atom. The predicted molar refractivity (Wildman–Crippen MR) is 89.9 cm³/mol. The zero-order valence-electron chi connectivity index (χ0n) is 14.0. The van der Waals surface area contributed by atoms with Gasteiger partial charge in [-0.25, -0.2) is 0 Å². The Labute approximate surface area is 134 Å². The third-order valence-corrected chi connectivity index (χ3v) is 4.59. The molecule has 3 heteroatoms. The lowest BCUT2D eigenvalue weighted by atomic mass is 9.82. The van der Waals surface area contributed by atoms with Gasteiger partial charge >= 0.3 is 0 Å². The van der Waals surface area contributed by atoms with Crippen LogP contribution in [0.15, 0.2) is 36.5 Å². The van der Waals surface area contributed by atoms with Gasteiger partial charge in [0, 0.05) is 31.0 Å². The Morgan fingerprint density at radius 2 is 2.05 bits per heavy atom. The first-order valence-electron chi connectivity index (χ1n) is 8.22. The Bertz CT molecular complexity index is 538. The highest BCUT2D eigenvalue weighted by atomic mass is 16.5. The second kappa shape index (κ2) is 7.59. The van der Waals surface area contributed by atoms with Crippen LogP contribution in [0.5, 0.6) is 0 Å². The SMILES string of the molecule is C=C1CC(C)C(C)c2ccccc2C(=O)N1CCCOCC. The summed E-state index contributed by atoms with van der Waals surface area (Å²) < 4.78 is 5.39. The third-order valence-electron chi connectivity index (χ3n) is 4.59. The highest BCUT2D eigenvalue weighted by Crippen LogP contribution is 2.35. The molecule has 0 spiro atoms. The molecule has 0 bridgehead atoms. The average Bonchev–Trinajstić information content (AvgIpc) is 2.52. The molecule has 1 aromatic rings. The van der Waals surface area contributed by atoms with E-state index >= 15 is 0 Å². The summed E-state index contributed by atoms with van der Waals surface area (Å²) in [6.45, 7) is 12.7. The number of fused-ring (bicyclic) bond motifs is 1. The Hall–Kier alpha value is -1.61. The summed E-state index contributed by atoms with van der Waals surface area (Å²) in [7, 11) is 0. The minimum absolute atomic E-state index is 0.0795. The number of carbonyl (C=O) groups is 1. The Balaban J connectivity index is 2.26. The van der Waals surface area contributed by atoms with E-state index in [1.165, 1.54) is 0 Å². The van der Waals surface area contributed by atoms with Gasteiger partial charge < -0.3 is 9.64 Å². The fourth-order valence-corrected chi connectivity index (χ4v) is 3.07. The normalized spacial score (nSPS) is 22.2. The van der Waals surface area contributed by atoms with Gasteiger partial charge in [0.25, 0.3) is 5.91 Å². The second-order valence-electron chi connectivity index (χ2n) is 6.13. The van der Waals surface area contributed by atoms with Crippen LogP contribution in [0.1, 0.15) is 55.5 Å². The minimum Gasteiger partial charge on any atom is -0.382 e. The van der Waals surface area contributed by atoms with Crippen molar-refractivity contribution in [1.29, 1.82) is 0 Å². The predicted octanol–water partition coefficient (Wildman–Crippen LogP) is 4.21. The van der Waals surface area contributed by atoms with Crippen molar-refractivity contribution in [3.8, 4) is 0 Å². The first-order chi connectivity index (χ1) is 10.6. The molecule has 1 aliphatic rings. The van der Waals surface area contributed by atoms with E-state index in [0.29, 0.717) is 31.6 Å². The summed E-state index contributed by atoms with van der Waals surface area (Å²) in [5, 5.41) is 0. The number of rotatable bonds is 5. The Morgan fingerprint density at radius 1 is 1.32 bits per heavy atom. The molecular weight excluding hydrogens is 274 g/mol. The molecule has 2 atom stereocenters. The molecule has 1 amide bonds. The molecule has 0 saturated carbocycles. The molecule has 120 valence electrons. The number of hydrogen-bond donors (Lipinski definition) is 0. The van der Waals surface area contributed by atoms with Crippen LogP contribution in [0, 0.1) is 5.92 Å². The summed E-state index contributed by atoms with van der Waals surface area (Å²) >= 11 is 0. The summed E-state index contributed by atoms with van der Waals surface area (Å²) in [5.74, 6) is 0.912. The molecular formula is C19H27NO2. The number of carbonyl (C=O) groups excluding carboxylic acids is 1. The van der Waals surface area contributed by atoms with E-state index in [1.54, 1.807) is 0 Å². The van der Waals surface area contributed by atoms with Crippen LogP contribution in [-0.2, 0) is 4.74 Å². The Kier molecular flexibility index (Phi) is 5.78. The lowest BCUT2D eigenvalue weighted by Gasteiger charge is -2.33. The summed E-state index contributed by atoms with van der Waals surface area (Å²) in [4.78, 5) is 14.8. The molecule has 2 rings (SSSR count). The molecule has 0 fully saturated rings. The van der Waals surface area contributed by atoms with Crippen LogP contribution in [0.25, 0.3) is 0 Å². The van der Waals surface area contributed by atoms with Crippen LogP contribution in [0.3, 0.4) is 0 Å². The quantitative estimate of drug-likeness (QED) is 0.762. The van der Waals surface area contributed by atoms with Crippen molar-refractivity contribution in [2.24, 2.45) is 5.92 Å². The molecule has 0 saturated heterocycles. The molecule has 0 aliphatic carbocycles. The molecule has 3 nitrogen and oxygen atoms in total. The third kappa shape index (κ3) is 3.58. The van der Waals surface area contributed by atoms with E-state index in [2.05, 4.69) is 26.5 Å². The number of hydrogen-bond acceptors (Lipinski definition) is 2. The monoisotopic (exact) mass is 301 g/mol. The lowest BCUT2D eigenvalue weighted by Crippen LogP contribution is -2.35. The maximum Gasteiger partial charge on any atom is 0.258 e. The van der Waals surface area contributed by atoms with Gasteiger partial charge in [-0.15, -0.1) is 0 Å². The van der Waals surface area contributed by atoms with Gasteiger partial charge in [-0.05, 0) is 43.2 Å². The van der Waals surface area contributed by atoms with Gasteiger partial charge in [-0.2, -0.15) is 0 Å². The van der Waals surface area contributed by atoms with Crippen molar-refractivity contribution < 1.29 is 9.53 Å². The average molecular weight is 301 g/mol. The van der Waals surface area contributed by atoms with E-state index < -0.39 is 0 Å². The van der Waals surface area contributed by atoms with E-state index in [1.807, 2.05) is 30.0 Å². The zero-order chi connectivity index (χ0) is 16.1. The van der Waals surface area contributed by atoms with Crippen molar-refractivity contribution in [3.63, 3.8) is 0 Å². The summed E-state index contributed by atoms with van der Waals surface area (Å²) in [5.41, 5.74) is 2.90. The van der Waals surface area contributed by atoms with E-state index in [4.69, 9.17) is 4.74 Å². The molecule has 0 aromatic heterocycles. The fourth-order valence-electron chi connectivity index (χ4n) is 3.07. The standard InChI is InChI=1S/C19H27NO2/c1-5-22-12-8-11-20-15(3)13-14(2)16(4)17-9-6-7-10-18(17)19(20)21/h6-7,9-10,14,16H,3,5,8,11-13H2,1-2,4H3. The number of amides is 1. The van der Waals surface area contributed by atoms with Gasteiger partial charge in [-0.1, -0.05) is 38.6 Å². The molecule has 0 radical (unpaired) electrons. The van der Waals surface area contributed by atoms with Gasteiger partial charge in [0.2, 0.25) is 0 Å². The van der Waals surface area contributed by atoms with Gasteiger partial charge in [0.05, 0.1) is 0 Å². The first-order valence-corrected chi connectivity index (χ1v) is 8.22. The number of nitrogens with zero attached hydrogens (tertiary/aromatic N) is 1. The topological polar surface area (TPSA) is 29.5 Å². The van der Waals surface area contributed by atoms with E-state index in [0.717, 1.165) is 29.7 Å². The maximum absolute atomic E-state index is 12.9. The summed E-state index contributed by atoms with van der Waals surface area (Å²) in [6.07, 6.45) is 1.70. The van der Waals surface area contributed by atoms with Crippen LogP contribution in [0.2, 0.25) is 0 Å². The highest BCUT2D eigenvalue weighted by molar-refractivity contribution is 5.97. The largest absolute Gasteiger partial charge is 0.382 e. The number of allylic oxidation sites excluding steroid dienone is 1. The molecule has 1 aromatic carbocycles. The van der Waals surface area contributed by atoms with Crippen LogP contribution in [-0.4, -0.2) is 30.6 Å². The minimum atomic E-state index is 0.0795. The number of benzene rings is 1. The van der Waals surface area contributed by atoms with E-state index in [9.17, 15) is 4.79 Å². The zero-order valence-corrected chi connectivity index (χ0v) is 14.0. The van der Waals surface area contributed by atoms with Crippen LogP contribution in [0.4, 0.5) is 0 Å². The summed E-state index contributed by atoms with van der Waals surface area (Å²) in [6, 6.07) is 7.98. The molecule has 2 unspecified atom stereocenters. The van der Waals surface area contributed by atoms with E-state index in [-0.39, 0.29) is 5.91 Å². The van der Waals surface area contributed by atoms with Gasteiger partial charge in [0.15, 0.2) is 0 Å². The molecule has 1 heterocycles. The van der Waals surface area contributed by atoms with Gasteiger partial charge in [-0.3, -0.25) is 4.79 Å². The van der Waals surface area contributed by atoms with Crippen molar-refractivity contribution in [2.75, 3.05) is 19.8 Å². The second-order valence-corrected chi connectivity index (χ2v) is 6.13. The van der Waals surface area contributed by atoms with Gasteiger partial charge in [0.1, 0.15) is 0 Å². The molecule has 22 heavy (non-hydrogen) atoms. The first kappa shape index (κ1) is 16.8. The smallest absolute Gasteiger partial charge is 0.258 e. The fraction of sp³-hybridized carbons (Fsp3) is 0.526. The van der Waals surface area contributed by atoms with Crippen LogP contribution >= 0.6 is 0 Å². The van der Waals surface area contributed by atoms with Crippen molar-refractivity contribution in [1.82, 2.24) is 4.90 Å². The maximum atomic E-state index is 12.9. The molecule has 1 aliphatic heterocycles. The van der Waals surface area contributed by atoms with Crippen molar-refractivity contribution in [2.45, 2.75) is 39.5 Å². The van der Waals surface area contributed by atoms with Crippen molar-refractivity contribution in [3.05, 3.63) is 47.7 Å².